The second-order valence-electron chi connectivity index (χ2n) is 7.41. The molecule has 5 heteroatoms. The van der Waals surface area contributed by atoms with Gasteiger partial charge in [-0.15, -0.1) is 0 Å². The Bertz CT molecular complexity index is 571. The van der Waals surface area contributed by atoms with E-state index in [0.29, 0.717) is 5.56 Å². The van der Waals surface area contributed by atoms with Crippen LogP contribution in [0.1, 0.15) is 25.8 Å². The summed E-state index contributed by atoms with van der Waals surface area (Å²) in [6.07, 6.45) is 0.828. The van der Waals surface area contributed by atoms with Gasteiger partial charge in [0.1, 0.15) is 6.54 Å². The number of hydrogen-bond acceptors (Lipinski definition) is 4. The van der Waals surface area contributed by atoms with Crippen LogP contribution < -0.4 is 0 Å². The third-order valence-electron chi connectivity index (χ3n) is 5.57. The highest BCUT2D eigenvalue weighted by molar-refractivity contribution is 7.99. The molecule has 0 saturated carbocycles. The molecule has 2 unspecified atom stereocenters. The number of carbonyl (C=O) groups excluding carboxylic acids is 1. The molecule has 2 aliphatic rings. The molecule has 132 valence electrons. The number of rotatable bonds is 4. The maximum Gasteiger partial charge on any atom is 0.343 e. The molecule has 0 amide bonds. The lowest BCUT2D eigenvalue weighted by molar-refractivity contribution is -0.914. The lowest BCUT2D eigenvalue weighted by Crippen LogP contribution is -2.52. The Hall–Kier alpha value is -1.04. The van der Waals surface area contributed by atoms with Gasteiger partial charge in [0.2, 0.25) is 0 Å². The maximum atomic E-state index is 12.9. The first kappa shape index (κ1) is 17.8. The predicted octanol–water partition coefficient (Wildman–Crippen LogP) is 2.41. The normalized spacial score (nSPS) is 25.6. The van der Waals surface area contributed by atoms with Crippen LogP contribution in [0.5, 0.6) is 0 Å². The van der Waals surface area contributed by atoms with Crippen LogP contribution in [0.25, 0.3) is 0 Å². The quantitative estimate of drug-likeness (QED) is 0.669. The summed E-state index contributed by atoms with van der Waals surface area (Å²) >= 11 is 2.01. The summed E-state index contributed by atoms with van der Waals surface area (Å²) < 4.78 is 6.89. The summed E-state index contributed by atoms with van der Waals surface area (Å²) in [5.41, 5.74) is -0.965. The van der Waals surface area contributed by atoms with Crippen molar-refractivity contribution in [1.29, 1.82) is 0 Å². The van der Waals surface area contributed by atoms with Crippen molar-refractivity contribution in [2.75, 3.05) is 37.7 Å². The number of thioether (sulfide) groups is 1. The van der Waals surface area contributed by atoms with Crippen LogP contribution in [0.2, 0.25) is 0 Å². The molecule has 2 fully saturated rings. The molecule has 2 atom stereocenters. The fourth-order valence-corrected chi connectivity index (χ4v) is 5.12. The second-order valence-corrected chi connectivity index (χ2v) is 8.64. The van der Waals surface area contributed by atoms with Crippen molar-refractivity contribution in [3.63, 3.8) is 0 Å². The van der Waals surface area contributed by atoms with Crippen LogP contribution >= 0.6 is 11.8 Å². The number of ether oxygens (including phenoxy) is 1. The number of aliphatic hydroxyl groups is 1. The molecular formula is C19H28NO3S+. The minimum atomic E-state index is -1.58. The van der Waals surface area contributed by atoms with Gasteiger partial charge in [0.15, 0.2) is 11.7 Å². The van der Waals surface area contributed by atoms with E-state index in [1.165, 1.54) is 24.6 Å². The molecular weight excluding hydrogens is 322 g/mol. The van der Waals surface area contributed by atoms with Gasteiger partial charge in [-0.1, -0.05) is 44.2 Å². The Kier molecular flexibility index (Phi) is 5.23. The van der Waals surface area contributed by atoms with Crippen LogP contribution in [-0.2, 0) is 15.1 Å². The van der Waals surface area contributed by atoms with E-state index < -0.39 is 11.6 Å². The van der Waals surface area contributed by atoms with Crippen LogP contribution in [-0.4, -0.2) is 59.3 Å². The van der Waals surface area contributed by atoms with E-state index in [9.17, 15) is 9.90 Å². The minimum absolute atomic E-state index is 0.0745. The van der Waals surface area contributed by atoms with Gasteiger partial charge in [-0.3, -0.25) is 0 Å². The lowest BCUT2D eigenvalue weighted by atomic mass is 9.83. The number of benzene rings is 1. The molecule has 2 aliphatic heterocycles. The molecule has 0 radical (unpaired) electrons. The average molecular weight is 351 g/mol. The van der Waals surface area contributed by atoms with Gasteiger partial charge < -0.3 is 14.3 Å². The standard InChI is InChI=1S/C19H28NO3S/c1-15(2)19(22,16-6-4-3-5-7-16)18(21)23-17-8-9-20(14-17)10-12-24-13-11-20/h3-7,15,17,22H,8-14H2,1-2H3/q+1. The number of nitrogens with zero attached hydrogens (tertiary/aromatic N) is 1. The highest BCUT2D eigenvalue weighted by atomic mass is 32.2. The third-order valence-corrected chi connectivity index (χ3v) is 6.51. The Morgan fingerprint density at radius 2 is 1.92 bits per heavy atom. The molecule has 3 rings (SSSR count). The third kappa shape index (κ3) is 3.35. The molecule has 0 aromatic heterocycles. The molecule has 1 spiro atoms. The fourth-order valence-electron chi connectivity index (χ4n) is 3.89. The molecule has 1 N–H and O–H groups in total. The van der Waals surface area contributed by atoms with Gasteiger partial charge in [0.25, 0.3) is 0 Å². The largest absolute Gasteiger partial charge is 0.454 e. The van der Waals surface area contributed by atoms with E-state index in [2.05, 4.69) is 0 Å². The van der Waals surface area contributed by atoms with E-state index in [0.717, 1.165) is 24.0 Å². The van der Waals surface area contributed by atoms with Crippen molar-refractivity contribution in [2.45, 2.75) is 32.0 Å². The van der Waals surface area contributed by atoms with Crippen LogP contribution in [0.4, 0.5) is 0 Å². The molecule has 0 aliphatic carbocycles. The van der Waals surface area contributed by atoms with Crippen molar-refractivity contribution < 1.29 is 19.1 Å². The number of carbonyl (C=O) groups is 1. The molecule has 4 nitrogen and oxygen atoms in total. The van der Waals surface area contributed by atoms with Gasteiger partial charge >= 0.3 is 5.97 Å². The maximum absolute atomic E-state index is 12.9. The predicted molar refractivity (Wildman–Crippen MR) is 96.7 cm³/mol. The number of hydrogen-bond donors (Lipinski definition) is 1. The molecule has 1 aromatic rings. The summed E-state index contributed by atoms with van der Waals surface area (Å²) in [7, 11) is 0. The molecule has 0 bridgehead atoms. The Labute approximate surface area is 148 Å². The summed E-state index contributed by atoms with van der Waals surface area (Å²) in [5.74, 6) is 1.64. The van der Waals surface area contributed by atoms with Gasteiger partial charge in [-0.25, -0.2) is 4.79 Å². The van der Waals surface area contributed by atoms with Crippen molar-refractivity contribution >= 4 is 17.7 Å². The zero-order valence-electron chi connectivity index (χ0n) is 14.6. The average Bonchev–Trinajstić information content (AvgIpc) is 2.97. The topological polar surface area (TPSA) is 46.5 Å². The smallest absolute Gasteiger partial charge is 0.343 e. The SMILES string of the molecule is CC(C)C(O)(C(=O)OC1CC[N+]2(CCSCC2)C1)c1ccccc1. The second kappa shape index (κ2) is 7.06. The molecule has 2 saturated heterocycles. The minimum Gasteiger partial charge on any atom is -0.454 e. The molecule has 24 heavy (non-hydrogen) atoms. The van der Waals surface area contributed by atoms with Crippen LogP contribution in [0.3, 0.4) is 0 Å². The fraction of sp³-hybridized carbons (Fsp3) is 0.632. The Morgan fingerprint density at radius 3 is 2.54 bits per heavy atom. The van der Waals surface area contributed by atoms with E-state index in [1.54, 1.807) is 12.1 Å². The van der Waals surface area contributed by atoms with Crippen molar-refractivity contribution in [2.24, 2.45) is 5.92 Å². The van der Waals surface area contributed by atoms with Gasteiger partial charge in [0.05, 0.1) is 19.6 Å². The lowest BCUT2D eigenvalue weighted by Gasteiger charge is -2.37. The van der Waals surface area contributed by atoms with Crippen molar-refractivity contribution in [3.05, 3.63) is 35.9 Å². The van der Waals surface area contributed by atoms with Gasteiger partial charge in [-0.05, 0) is 11.5 Å². The van der Waals surface area contributed by atoms with E-state index in [1.807, 2.05) is 43.8 Å². The van der Waals surface area contributed by atoms with Crippen molar-refractivity contribution in [1.82, 2.24) is 0 Å². The Balaban J connectivity index is 1.71. The Morgan fingerprint density at radius 1 is 1.25 bits per heavy atom. The summed E-state index contributed by atoms with van der Waals surface area (Å²) in [6, 6.07) is 9.17. The first-order valence-electron chi connectivity index (χ1n) is 8.88. The van der Waals surface area contributed by atoms with Gasteiger partial charge in [-0.2, -0.15) is 11.8 Å². The number of esters is 1. The van der Waals surface area contributed by atoms with E-state index in [-0.39, 0.29) is 12.0 Å². The van der Waals surface area contributed by atoms with Crippen LogP contribution in [0, 0.1) is 5.92 Å². The highest BCUT2D eigenvalue weighted by Gasteiger charge is 2.47. The monoisotopic (exact) mass is 350 g/mol. The summed E-state index contributed by atoms with van der Waals surface area (Å²) in [4.78, 5) is 12.9. The molecule has 1 aromatic carbocycles. The first-order valence-corrected chi connectivity index (χ1v) is 10.0. The zero-order valence-corrected chi connectivity index (χ0v) is 15.4. The summed E-state index contributed by atoms with van der Waals surface area (Å²) in [6.45, 7) is 8.05. The van der Waals surface area contributed by atoms with Crippen LogP contribution in [0.15, 0.2) is 30.3 Å². The van der Waals surface area contributed by atoms with Crippen molar-refractivity contribution in [3.8, 4) is 0 Å². The van der Waals surface area contributed by atoms with E-state index in [4.69, 9.17) is 4.74 Å². The van der Waals surface area contributed by atoms with Gasteiger partial charge in [0, 0.05) is 17.9 Å². The molecule has 2 heterocycles. The first-order chi connectivity index (χ1) is 11.5. The highest BCUT2D eigenvalue weighted by Crippen LogP contribution is 2.33. The van der Waals surface area contributed by atoms with E-state index >= 15 is 0 Å². The summed E-state index contributed by atoms with van der Waals surface area (Å²) in [5, 5.41) is 11.1. The zero-order chi connectivity index (χ0) is 17.2. The number of quaternary nitrogens is 1.